The number of nitrogens with zero attached hydrogens (tertiary/aromatic N) is 3. The Kier molecular flexibility index (Phi) is 7.17. The molecule has 8 nitrogen and oxygen atoms in total. The topological polar surface area (TPSA) is 98.1 Å². The fourth-order valence-electron chi connectivity index (χ4n) is 3.64. The summed E-state index contributed by atoms with van der Waals surface area (Å²) in [5.74, 6) is 0.0548. The van der Waals surface area contributed by atoms with Gasteiger partial charge in [0.15, 0.2) is 11.4 Å². The molecule has 0 unspecified atom stereocenters. The van der Waals surface area contributed by atoms with Crippen LogP contribution in [0.3, 0.4) is 0 Å². The second-order valence-electron chi connectivity index (χ2n) is 8.20. The van der Waals surface area contributed by atoms with Crippen LogP contribution >= 0.6 is 0 Å². The van der Waals surface area contributed by atoms with Crippen molar-refractivity contribution in [1.82, 2.24) is 20.1 Å². The number of carbonyl (C=O) groups is 1. The highest BCUT2D eigenvalue weighted by molar-refractivity contribution is 5.94. The summed E-state index contributed by atoms with van der Waals surface area (Å²) in [6.45, 7) is 0.305. The molecule has 188 valence electrons. The van der Waals surface area contributed by atoms with Gasteiger partial charge < -0.3 is 15.4 Å². The van der Waals surface area contributed by atoms with E-state index in [9.17, 15) is 14.0 Å². The van der Waals surface area contributed by atoms with Crippen molar-refractivity contribution in [1.29, 1.82) is 0 Å². The first-order valence-electron chi connectivity index (χ1n) is 11.7. The molecule has 1 amide bonds. The number of halogens is 1. The van der Waals surface area contributed by atoms with E-state index in [0.717, 1.165) is 10.4 Å². The minimum absolute atomic E-state index is 0.125. The molecule has 2 heterocycles. The van der Waals surface area contributed by atoms with Crippen LogP contribution in [-0.2, 0) is 6.54 Å². The second-order valence-corrected chi connectivity index (χ2v) is 8.20. The molecule has 2 aromatic heterocycles. The maximum atomic E-state index is 13.5. The number of rotatable bonds is 8. The van der Waals surface area contributed by atoms with Crippen LogP contribution in [0.4, 0.5) is 15.8 Å². The van der Waals surface area contributed by atoms with Gasteiger partial charge >= 0.3 is 0 Å². The van der Waals surface area contributed by atoms with Crippen LogP contribution in [0.15, 0.2) is 114 Å². The third-order valence-electron chi connectivity index (χ3n) is 5.56. The highest BCUT2D eigenvalue weighted by Gasteiger charge is 2.16. The summed E-state index contributed by atoms with van der Waals surface area (Å²) in [5.41, 5.74) is 1.78. The van der Waals surface area contributed by atoms with Crippen molar-refractivity contribution in [3.8, 4) is 17.2 Å². The van der Waals surface area contributed by atoms with E-state index in [1.807, 2.05) is 36.4 Å². The molecule has 0 atom stereocenters. The Labute approximate surface area is 217 Å². The van der Waals surface area contributed by atoms with E-state index in [0.29, 0.717) is 29.2 Å². The Bertz CT molecular complexity index is 1590. The van der Waals surface area contributed by atoms with Gasteiger partial charge in [-0.2, -0.15) is 9.78 Å². The Morgan fingerprint density at radius 1 is 0.895 bits per heavy atom. The average Bonchev–Trinajstić information content (AvgIpc) is 2.96. The zero-order valence-electron chi connectivity index (χ0n) is 20.0. The smallest absolute Gasteiger partial charge is 0.299 e. The van der Waals surface area contributed by atoms with Crippen molar-refractivity contribution in [2.45, 2.75) is 6.54 Å². The fraction of sp³-hybridized carbons (Fsp3) is 0.0345. The van der Waals surface area contributed by atoms with E-state index in [4.69, 9.17) is 4.74 Å². The monoisotopic (exact) mass is 507 g/mol. The van der Waals surface area contributed by atoms with E-state index in [1.54, 1.807) is 42.6 Å². The van der Waals surface area contributed by atoms with Crippen molar-refractivity contribution < 1.29 is 13.9 Å². The molecule has 0 fully saturated rings. The summed E-state index contributed by atoms with van der Waals surface area (Å²) in [5, 5.41) is 10.1. The lowest BCUT2D eigenvalue weighted by Gasteiger charge is -2.15. The predicted molar refractivity (Wildman–Crippen MR) is 141 cm³/mol. The van der Waals surface area contributed by atoms with Crippen LogP contribution in [0.5, 0.6) is 11.5 Å². The van der Waals surface area contributed by atoms with E-state index in [2.05, 4.69) is 20.7 Å². The number of nitrogens with one attached hydrogen (secondary N) is 2. The minimum Gasteiger partial charge on any atom is -0.453 e. The third-order valence-corrected chi connectivity index (χ3v) is 5.56. The SMILES string of the molecule is O=C(NCc1ccccn1)c1ccc(Nc2c(Oc3ccccc3)cnn(-c3ccc(F)cc3)c2=O)cc1. The van der Waals surface area contributed by atoms with Gasteiger partial charge in [-0.15, -0.1) is 0 Å². The Morgan fingerprint density at radius 2 is 1.63 bits per heavy atom. The van der Waals surface area contributed by atoms with Gasteiger partial charge in [0.25, 0.3) is 11.5 Å². The molecule has 0 saturated carbocycles. The van der Waals surface area contributed by atoms with Crippen LogP contribution in [-0.4, -0.2) is 20.7 Å². The number of anilines is 2. The molecule has 5 aromatic rings. The van der Waals surface area contributed by atoms with Crippen LogP contribution in [0.2, 0.25) is 0 Å². The third kappa shape index (κ3) is 5.73. The molecule has 0 bridgehead atoms. The summed E-state index contributed by atoms with van der Waals surface area (Å²) in [7, 11) is 0. The fourth-order valence-corrected chi connectivity index (χ4v) is 3.64. The van der Waals surface area contributed by atoms with Crippen molar-refractivity contribution >= 4 is 17.3 Å². The highest BCUT2D eigenvalue weighted by Crippen LogP contribution is 2.29. The molecule has 5 rings (SSSR count). The predicted octanol–water partition coefficient (Wildman–Crippen LogP) is 5.23. The number of amides is 1. The number of ether oxygens (including phenoxy) is 1. The van der Waals surface area contributed by atoms with Gasteiger partial charge in [-0.1, -0.05) is 24.3 Å². The van der Waals surface area contributed by atoms with E-state index >= 15 is 0 Å². The van der Waals surface area contributed by atoms with Crippen LogP contribution < -0.4 is 20.9 Å². The Morgan fingerprint density at radius 3 is 2.34 bits per heavy atom. The summed E-state index contributed by atoms with van der Waals surface area (Å²) in [6.07, 6.45) is 3.08. The van der Waals surface area contributed by atoms with Gasteiger partial charge in [0.2, 0.25) is 0 Å². The van der Waals surface area contributed by atoms with E-state index < -0.39 is 11.4 Å². The zero-order chi connectivity index (χ0) is 26.3. The molecule has 9 heteroatoms. The highest BCUT2D eigenvalue weighted by atomic mass is 19.1. The summed E-state index contributed by atoms with van der Waals surface area (Å²) in [6, 6.07) is 26.6. The number of carbonyl (C=O) groups excluding carboxylic acids is 1. The number of benzene rings is 3. The molecule has 3 aromatic carbocycles. The van der Waals surface area contributed by atoms with E-state index in [1.165, 1.54) is 30.5 Å². The van der Waals surface area contributed by atoms with Crippen LogP contribution in [0.1, 0.15) is 16.1 Å². The first-order chi connectivity index (χ1) is 18.6. The van der Waals surface area contributed by atoms with Crippen LogP contribution in [0.25, 0.3) is 5.69 Å². The van der Waals surface area contributed by atoms with Crippen molar-refractivity contribution in [2.75, 3.05) is 5.32 Å². The second kappa shape index (κ2) is 11.2. The Hall–Kier alpha value is -5.31. The number of pyridine rings is 1. The number of hydrogen-bond acceptors (Lipinski definition) is 6. The first-order valence-corrected chi connectivity index (χ1v) is 11.7. The summed E-state index contributed by atoms with van der Waals surface area (Å²) in [4.78, 5) is 30.2. The molecule has 0 radical (unpaired) electrons. The molecule has 38 heavy (non-hydrogen) atoms. The lowest BCUT2D eigenvalue weighted by molar-refractivity contribution is 0.0950. The molecule has 0 aliphatic heterocycles. The quantitative estimate of drug-likeness (QED) is 0.298. The Balaban J connectivity index is 1.41. The number of aromatic nitrogens is 3. The normalized spacial score (nSPS) is 10.6. The average molecular weight is 508 g/mol. The largest absolute Gasteiger partial charge is 0.453 e. The molecule has 2 N–H and O–H groups in total. The van der Waals surface area contributed by atoms with Crippen molar-refractivity contribution in [2.24, 2.45) is 0 Å². The number of para-hydroxylation sites is 1. The van der Waals surface area contributed by atoms with Crippen molar-refractivity contribution in [3.05, 3.63) is 137 Å². The maximum Gasteiger partial charge on any atom is 0.299 e. The molecule has 0 aliphatic carbocycles. The van der Waals surface area contributed by atoms with Gasteiger partial charge in [0, 0.05) is 17.4 Å². The zero-order valence-corrected chi connectivity index (χ0v) is 20.0. The molecule has 0 aliphatic rings. The standard InChI is InChI=1S/C29H22FN5O3/c30-21-11-15-24(16-12-21)35-29(37)27(26(19-33-35)38-25-7-2-1-3-8-25)34-22-13-9-20(10-14-22)28(36)32-18-23-6-4-5-17-31-23/h1-17,19,34H,18H2,(H,32,36). The summed E-state index contributed by atoms with van der Waals surface area (Å²) < 4.78 is 20.5. The first kappa shape index (κ1) is 24.4. The van der Waals surface area contributed by atoms with E-state index in [-0.39, 0.29) is 17.3 Å². The maximum absolute atomic E-state index is 13.5. The van der Waals surface area contributed by atoms with Gasteiger partial charge in [0.1, 0.15) is 11.6 Å². The van der Waals surface area contributed by atoms with Gasteiger partial charge in [0.05, 0.1) is 24.1 Å². The minimum atomic E-state index is -0.498. The van der Waals surface area contributed by atoms with Crippen molar-refractivity contribution in [3.63, 3.8) is 0 Å². The lowest BCUT2D eigenvalue weighted by Crippen LogP contribution is -2.24. The van der Waals surface area contributed by atoms with Gasteiger partial charge in [-0.05, 0) is 72.8 Å². The molecular weight excluding hydrogens is 485 g/mol. The van der Waals surface area contributed by atoms with Gasteiger partial charge in [-0.3, -0.25) is 14.6 Å². The molecule has 0 spiro atoms. The van der Waals surface area contributed by atoms with Gasteiger partial charge in [-0.25, -0.2) is 4.39 Å². The van der Waals surface area contributed by atoms with Crippen LogP contribution in [0, 0.1) is 5.82 Å². The molecule has 0 saturated heterocycles. The summed E-state index contributed by atoms with van der Waals surface area (Å²) >= 11 is 0. The lowest BCUT2D eigenvalue weighted by atomic mass is 10.2. The molecular formula is C29H22FN5O3. The number of hydrogen-bond donors (Lipinski definition) is 2.